The maximum absolute atomic E-state index is 12.4. The van der Waals surface area contributed by atoms with Crippen LogP contribution in [0.25, 0.3) is 21.9 Å². The van der Waals surface area contributed by atoms with Crippen LogP contribution in [-0.4, -0.2) is 27.0 Å². The van der Waals surface area contributed by atoms with Crippen LogP contribution in [-0.2, 0) is 13.5 Å². The number of amides is 1. The predicted molar refractivity (Wildman–Crippen MR) is 99.7 cm³/mol. The van der Waals surface area contributed by atoms with Gasteiger partial charge in [0.25, 0.3) is 5.91 Å². The van der Waals surface area contributed by atoms with Gasteiger partial charge in [-0.2, -0.15) is 0 Å². The molecule has 5 heteroatoms. The quantitative estimate of drug-likeness (QED) is 0.550. The molecule has 0 saturated carbocycles. The molecule has 0 aliphatic carbocycles. The average Bonchev–Trinajstić information content (AvgIpc) is 3.23. The molecule has 126 valence electrons. The topological polar surface area (TPSA) is 62.7 Å². The van der Waals surface area contributed by atoms with E-state index in [0.717, 1.165) is 40.6 Å². The van der Waals surface area contributed by atoms with Crippen molar-refractivity contribution in [3.63, 3.8) is 0 Å². The van der Waals surface area contributed by atoms with Crippen LogP contribution in [0.5, 0.6) is 0 Å². The molecular weight excluding hydrogens is 312 g/mol. The predicted octanol–water partition coefficient (Wildman–Crippen LogP) is 3.42. The molecule has 0 aliphatic heterocycles. The van der Waals surface area contributed by atoms with Crippen molar-refractivity contribution in [2.45, 2.75) is 12.8 Å². The molecule has 5 nitrogen and oxygen atoms in total. The molecule has 0 fully saturated rings. The number of hydrogen-bond donors (Lipinski definition) is 2. The summed E-state index contributed by atoms with van der Waals surface area (Å²) in [4.78, 5) is 20.2. The molecule has 0 aliphatic rings. The largest absolute Gasteiger partial charge is 0.361 e. The van der Waals surface area contributed by atoms with Gasteiger partial charge in [0.1, 0.15) is 5.82 Å². The minimum Gasteiger partial charge on any atom is -0.361 e. The van der Waals surface area contributed by atoms with Crippen molar-refractivity contribution < 1.29 is 4.79 Å². The Bertz CT molecular complexity index is 1040. The van der Waals surface area contributed by atoms with E-state index < -0.39 is 0 Å². The Hall–Kier alpha value is -3.08. The minimum atomic E-state index is -0.0435. The normalized spacial score (nSPS) is 11.2. The number of hydrogen-bond acceptors (Lipinski definition) is 2. The van der Waals surface area contributed by atoms with Crippen molar-refractivity contribution in [1.82, 2.24) is 19.9 Å². The maximum atomic E-state index is 12.4. The van der Waals surface area contributed by atoms with Crippen molar-refractivity contribution in [2.75, 3.05) is 6.54 Å². The van der Waals surface area contributed by atoms with Gasteiger partial charge in [-0.15, -0.1) is 0 Å². The number of rotatable bonds is 5. The molecule has 0 unspecified atom stereocenters. The lowest BCUT2D eigenvalue weighted by Crippen LogP contribution is -2.25. The zero-order valence-electron chi connectivity index (χ0n) is 14.1. The monoisotopic (exact) mass is 332 g/mol. The highest BCUT2D eigenvalue weighted by atomic mass is 16.1. The number of imidazole rings is 1. The lowest BCUT2D eigenvalue weighted by Gasteiger charge is -2.07. The lowest BCUT2D eigenvalue weighted by molar-refractivity contribution is 0.0954. The van der Waals surface area contributed by atoms with Gasteiger partial charge in [-0.05, 0) is 30.7 Å². The third-order valence-electron chi connectivity index (χ3n) is 4.57. The molecule has 2 aromatic carbocycles. The SMILES string of the molecule is Cn1c(CCCNC(=O)c2cccc3cc[nH]c23)nc2ccccc21. The fourth-order valence-corrected chi connectivity index (χ4v) is 3.24. The molecule has 2 N–H and O–H groups in total. The molecule has 0 radical (unpaired) electrons. The third-order valence-corrected chi connectivity index (χ3v) is 4.57. The Balaban J connectivity index is 1.38. The van der Waals surface area contributed by atoms with E-state index in [9.17, 15) is 4.79 Å². The second-order valence-corrected chi connectivity index (χ2v) is 6.18. The molecule has 0 saturated heterocycles. The van der Waals surface area contributed by atoms with E-state index in [2.05, 4.69) is 25.9 Å². The summed E-state index contributed by atoms with van der Waals surface area (Å²) in [5.41, 5.74) is 3.72. The summed E-state index contributed by atoms with van der Waals surface area (Å²) in [6.45, 7) is 0.624. The van der Waals surface area contributed by atoms with Crippen LogP contribution < -0.4 is 5.32 Å². The highest BCUT2D eigenvalue weighted by Crippen LogP contribution is 2.17. The molecule has 2 heterocycles. The van der Waals surface area contributed by atoms with Gasteiger partial charge in [0, 0.05) is 31.6 Å². The number of aromatic amines is 1. The van der Waals surface area contributed by atoms with Crippen molar-refractivity contribution in [3.8, 4) is 0 Å². The first-order chi connectivity index (χ1) is 12.2. The lowest BCUT2D eigenvalue weighted by atomic mass is 10.1. The summed E-state index contributed by atoms with van der Waals surface area (Å²) in [7, 11) is 2.04. The molecule has 2 aromatic heterocycles. The first-order valence-electron chi connectivity index (χ1n) is 8.48. The van der Waals surface area contributed by atoms with Gasteiger partial charge in [-0.25, -0.2) is 4.98 Å². The average molecular weight is 332 g/mol. The second-order valence-electron chi connectivity index (χ2n) is 6.18. The van der Waals surface area contributed by atoms with Crippen LogP contribution in [0, 0.1) is 0 Å². The molecule has 0 atom stereocenters. The van der Waals surface area contributed by atoms with Gasteiger partial charge in [0.05, 0.1) is 22.1 Å². The van der Waals surface area contributed by atoms with Crippen LogP contribution in [0.1, 0.15) is 22.6 Å². The van der Waals surface area contributed by atoms with Crippen LogP contribution in [0.4, 0.5) is 0 Å². The highest BCUT2D eigenvalue weighted by Gasteiger charge is 2.11. The van der Waals surface area contributed by atoms with E-state index >= 15 is 0 Å². The number of aryl methyl sites for hydroxylation is 2. The molecule has 25 heavy (non-hydrogen) atoms. The van der Waals surface area contributed by atoms with E-state index in [-0.39, 0.29) is 5.91 Å². The van der Waals surface area contributed by atoms with Gasteiger partial charge in [-0.1, -0.05) is 24.3 Å². The number of carbonyl (C=O) groups is 1. The molecule has 1 amide bonds. The Morgan fingerprint density at radius 1 is 1.16 bits per heavy atom. The van der Waals surface area contributed by atoms with Gasteiger partial charge < -0.3 is 14.9 Å². The minimum absolute atomic E-state index is 0.0435. The number of aromatic nitrogens is 3. The van der Waals surface area contributed by atoms with Crippen molar-refractivity contribution in [3.05, 3.63) is 66.1 Å². The first kappa shape index (κ1) is 15.4. The summed E-state index contributed by atoms with van der Waals surface area (Å²) in [5, 5.41) is 4.06. The summed E-state index contributed by atoms with van der Waals surface area (Å²) in [6.07, 6.45) is 3.54. The number of para-hydroxylation sites is 3. The first-order valence-corrected chi connectivity index (χ1v) is 8.48. The van der Waals surface area contributed by atoms with E-state index in [4.69, 9.17) is 0 Å². The van der Waals surface area contributed by atoms with Crippen LogP contribution in [0.15, 0.2) is 54.7 Å². The number of nitrogens with zero attached hydrogens (tertiary/aromatic N) is 2. The van der Waals surface area contributed by atoms with Gasteiger partial charge in [-0.3, -0.25) is 4.79 Å². The Labute approximate surface area is 145 Å². The van der Waals surface area contributed by atoms with Gasteiger partial charge >= 0.3 is 0 Å². The van der Waals surface area contributed by atoms with E-state index in [1.807, 2.05) is 55.7 Å². The summed E-state index contributed by atoms with van der Waals surface area (Å²) in [5.74, 6) is 1.000. The standard InChI is InChI=1S/C20H20N4O/c1-24-17-9-3-2-8-16(17)23-18(24)10-5-12-22-20(25)15-7-4-6-14-11-13-21-19(14)15/h2-4,6-9,11,13,21H,5,10,12H2,1H3,(H,22,25). The van der Waals surface area contributed by atoms with Gasteiger partial charge in [0.2, 0.25) is 0 Å². The number of carbonyl (C=O) groups excluding carboxylic acids is 1. The Morgan fingerprint density at radius 2 is 2.04 bits per heavy atom. The second kappa shape index (κ2) is 6.43. The third kappa shape index (κ3) is 2.89. The van der Waals surface area contributed by atoms with Crippen molar-refractivity contribution >= 4 is 27.8 Å². The number of fused-ring (bicyclic) bond motifs is 2. The molecule has 4 aromatic rings. The van der Waals surface area contributed by atoms with Crippen LogP contribution in [0.3, 0.4) is 0 Å². The fraction of sp³-hybridized carbons (Fsp3) is 0.200. The zero-order chi connectivity index (χ0) is 17.2. The molecule has 0 bridgehead atoms. The highest BCUT2D eigenvalue weighted by molar-refractivity contribution is 6.05. The summed E-state index contributed by atoms with van der Waals surface area (Å²) >= 11 is 0. The smallest absolute Gasteiger partial charge is 0.253 e. The van der Waals surface area contributed by atoms with E-state index in [1.165, 1.54) is 0 Å². The van der Waals surface area contributed by atoms with Gasteiger partial charge in [0.15, 0.2) is 0 Å². The van der Waals surface area contributed by atoms with E-state index in [0.29, 0.717) is 12.1 Å². The number of H-pyrrole nitrogens is 1. The van der Waals surface area contributed by atoms with Crippen LogP contribution in [0.2, 0.25) is 0 Å². The number of benzene rings is 2. The summed E-state index contributed by atoms with van der Waals surface area (Å²) in [6, 6.07) is 15.8. The van der Waals surface area contributed by atoms with E-state index in [1.54, 1.807) is 0 Å². The van der Waals surface area contributed by atoms with Crippen molar-refractivity contribution in [2.24, 2.45) is 7.05 Å². The zero-order valence-corrected chi connectivity index (χ0v) is 14.1. The van der Waals surface area contributed by atoms with Crippen molar-refractivity contribution in [1.29, 1.82) is 0 Å². The fourth-order valence-electron chi connectivity index (χ4n) is 3.24. The molecule has 4 rings (SSSR count). The molecule has 0 spiro atoms. The Morgan fingerprint density at radius 3 is 2.92 bits per heavy atom. The number of nitrogens with one attached hydrogen (secondary N) is 2. The Kier molecular flexibility index (Phi) is 3.98. The summed E-state index contributed by atoms with van der Waals surface area (Å²) < 4.78 is 2.12. The molecular formula is C20H20N4O. The maximum Gasteiger partial charge on any atom is 0.253 e. The van der Waals surface area contributed by atoms with Crippen LogP contribution >= 0.6 is 0 Å².